The first-order chi connectivity index (χ1) is 14.0. The standard InChI is InChI=1S/C21H24ClN3O4/c1-15(23-20(26)25-10-12-28-13-11-25)17-4-8-19(9-5-17)24-21(27)29-14-16-2-6-18(22)7-3-16/h2-9,15H,10-14H2,1H3,(H,23,26)(H,24,27). The van der Waals surface area contributed by atoms with Crippen molar-refractivity contribution in [2.75, 3.05) is 31.6 Å². The molecular formula is C21H24ClN3O4. The molecule has 8 heteroatoms. The summed E-state index contributed by atoms with van der Waals surface area (Å²) in [6, 6.07) is 14.1. The number of nitrogens with one attached hydrogen (secondary N) is 2. The maximum absolute atomic E-state index is 12.3. The van der Waals surface area contributed by atoms with E-state index in [0.717, 1.165) is 11.1 Å². The zero-order valence-electron chi connectivity index (χ0n) is 16.2. The smallest absolute Gasteiger partial charge is 0.411 e. The SMILES string of the molecule is CC(NC(=O)N1CCOCC1)c1ccc(NC(=O)OCc2ccc(Cl)cc2)cc1. The second-order valence-corrected chi connectivity index (χ2v) is 7.16. The lowest BCUT2D eigenvalue weighted by Gasteiger charge is -2.28. The van der Waals surface area contributed by atoms with Crippen LogP contribution in [0.4, 0.5) is 15.3 Å². The Bertz CT molecular complexity index is 821. The molecule has 1 heterocycles. The fourth-order valence-electron chi connectivity index (χ4n) is 2.86. The first-order valence-corrected chi connectivity index (χ1v) is 9.80. The number of morpholine rings is 1. The molecule has 1 aliphatic rings. The van der Waals surface area contributed by atoms with E-state index in [4.69, 9.17) is 21.1 Å². The van der Waals surface area contributed by atoms with Crippen LogP contribution in [0, 0.1) is 0 Å². The Kier molecular flexibility index (Phi) is 7.32. The van der Waals surface area contributed by atoms with Crippen LogP contribution in [0.3, 0.4) is 0 Å². The van der Waals surface area contributed by atoms with E-state index < -0.39 is 6.09 Å². The van der Waals surface area contributed by atoms with Gasteiger partial charge in [0.25, 0.3) is 0 Å². The van der Waals surface area contributed by atoms with Crippen molar-refractivity contribution in [3.63, 3.8) is 0 Å². The third-order valence-electron chi connectivity index (χ3n) is 4.58. The normalized spacial score (nSPS) is 14.8. The number of carbonyl (C=O) groups is 2. The fraction of sp³-hybridized carbons (Fsp3) is 0.333. The minimum Gasteiger partial charge on any atom is -0.444 e. The van der Waals surface area contributed by atoms with Crippen LogP contribution >= 0.6 is 11.6 Å². The monoisotopic (exact) mass is 417 g/mol. The highest BCUT2D eigenvalue weighted by atomic mass is 35.5. The summed E-state index contributed by atoms with van der Waals surface area (Å²) in [5, 5.41) is 6.30. The van der Waals surface area contributed by atoms with Gasteiger partial charge in [0.1, 0.15) is 6.61 Å². The zero-order chi connectivity index (χ0) is 20.6. The number of benzene rings is 2. The van der Waals surface area contributed by atoms with Crippen molar-refractivity contribution in [1.82, 2.24) is 10.2 Å². The molecule has 2 aromatic rings. The Morgan fingerprint density at radius 2 is 1.76 bits per heavy atom. The molecule has 3 amide bonds. The lowest BCUT2D eigenvalue weighted by molar-refractivity contribution is 0.0526. The van der Waals surface area contributed by atoms with Gasteiger partial charge >= 0.3 is 12.1 Å². The summed E-state index contributed by atoms with van der Waals surface area (Å²) in [5.74, 6) is 0. The summed E-state index contributed by atoms with van der Waals surface area (Å²) < 4.78 is 10.5. The van der Waals surface area contributed by atoms with Gasteiger partial charge in [0.15, 0.2) is 0 Å². The van der Waals surface area contributed by atoms with Crippen LogP contribution < -0.4 is 10.6 Å². The average Bonchev–Trinajstić information content (AvgIpc) is 2.74. The number of hydrogen-bond acceptors (Lipinski definition) is 4. The van der Waals surface area contributed by atoms with Gasteiger partial charge in [-0.3, -0.25) is 5.32 Å². The lowest BCUT2D eigenvalue weighted by Crippen LogP contribution is -2.46. The number of nitrogens with zero attached hydrogens (tertiary/aromatic N) is 1. The highest BCUT2D eigenvalue weighted by Crippen LogP contribution is 2.17. The molecule has 1 saturated heterocycles. The Morgan fingerprint density at radius 3 is 2.41 bits per heavy atom. The molecule has 2 N–H and O–H groups in total. The number of rotatable bonds is 5. The number of ether oxygens (including phenoxy) is 2. The molecule has 0 saturated carbocycles. The second-order valence-electron chi connectivity index (χ2n) is 6.72. The van der Waals surface area contributed by atoms with E-state index in [1.165, 1.54) is 0 Å². The molecule has 1 atom stereocenters. The molecule has 29 heavy (non-hydrogen) atoms. The van der Waals surface area contributed by atoms with Crippen molar-refractivity contribution in [1.29, 1.82) is 0 Å². The highest BCUT2D eigenvalue weighted by molar-refractivity contribution is 6.30. The van der Waals surface area contributed by atoms with Gasteiger partial charge in [-0.2, -0.15) is 0 Å². The Hall–Kier alpha value is -2.77. The molecule has 0 radical (unpaired) electrons. The minimum absolute atomic E-state index is 0.103. The van der Waals surface area contributed by atoms with Gasteiger partial charge in [0.2, 0.25) is 0 Å². The first-order valence-electron chi connectivity index (χ1n) is 9.42. The topological polar surface area (TPSA) is 79.9 Å². The number of halogens is 1. The van der Waals surface area contributed by atoms with Crippen molar-refractivity contribution < 1.29 is 19.1 Å². The third-order valence-corrected chi connectivity index (χ3v) is 4.83. The molecule has 1 aliphatic heterocycles. The molecule has 0 aliphatic carbocycles. The summed E-state index contributed by atoms with van der Waals surface area (Å²) in [5.41, 5.74) is 2.40. The first kappa shape index (κ1) is 21.0. The van der Waals surface area contributed by atoms with Gasteiger partial charge in [-0.05, 0) is 42.3 Å². The molecule has 0 aromatic heterocycles. The van der Waals surface area contributed by atoms with Crippen LogP contribution in [0.2, 0.25) is 5.02 Å². The van der Waals surface area contributed by atoms with Crippen molar-refractivity contribution in [3.05, 3.63) is 64.7 Å². The second kappa shape index (κ2) is 10.1. The molecular weight excluding hydrogens is 394 g/mol. The van der Waals surface area contributed by atoms with Gasteiger partial charge in [-0.1, -0.05) is 35.9 Å². The minimum atomic E-state index is -0.540. The van der Waals surface area contributed by atoms with E-state index in [9.17, 15) is 9.59 Å². The van der Waals surface area contributed by atoms with Gasteiger partial charge in [0, 0.05) is 23.8 Å². The van der Waals surface area contributed by atoms with Gasteiger partial charge in [-0.25, -0.2) is 9.59 Å². The summed E-state index contributed by atoms with van der Waals surface area (Å²) in [6.07, 6.45) is -0.540. The largest absolute Gasteiger partial charge is 0.444 e. The quantitative estimate of drug-likeness (QED) is 0.764. The van der Waals surface area contributed by atoms with Crippen molar-refractivity contribution in [2.45, 2.75) is 19.6 Å². The van der Waals surface area contributed by atoms with E-state index in [-0.39, 0.29) is 18.7 Å². The van der Waals surface area contributed by atoms with Crippen molar-refractivity contribution in [3.8, 4) is 0 Å². The number of hydrogen-bond donors (Lipinski definition) is 2. The lowest BCUT2D eigenvalue weighted by atomic mass is 10.1. The van der Waals surface area contributed by atoms with Gasteiger partial charge in [-0.15, -0.1) is 0 Å². The molecule has 2 aromatic carbocycles. The van der Waals surface area contributed by atoms with Crippen LogP contribution in [0.5, 0.6) is 0 Å². The predicted molar refractivity (Wildman–Crippen MR) is 111 cm³/mol. The summed E-state index contributed by atoms with van der Waals surface area (Å²) in [4.78, 5) is 26.0. The van der Waals surface area contributed by atoms with E-state index in [1.54, 1.807) is 41.3 Å². The fourth-order valence-corrected chi connectivity index (χ4v) is 2.99. The maximum Gasteiger partial charge on any atom is 0.411 e. The van der Waals surface area contributed by atoms with E-state index in [1.807, 2.05) is 19.1 Å². The number of urea groups is 1. The molecule has 0 bridgehead atoms. The summed E-state index contributed by atoms with van der Waals surface area (Å²) in [7, 11) is 0. The Morgan fingerprint density at radius 1 is 1.10 bits per heavy atom. The Labute approximate surface area is 174 Å². The van der Waals surface area contributed by atoms with Crippen LogP contribution in [-0.4, -0.2) is 43.3 Å². The summed E-state index contributed by atoms with van der Waals surface area (Å²) >= 11 is 5.83. The molecule has 1 unspecified atom stereocenters. The number of amides is 3. The van der Waals surface area contributed by atoms with Crippen molar-refractivity contribution >= 4 is 29.4 Å². The Balaban J connectivity index is 1.46. The van der Waals surface area contributed by atoms with Crippen LogP contribution in [0.25, 0.3) is 0 Å². The van der Waals surface area contributed by atoms with Gasteiger partial charge in [0.05, 0.1) is 19.3 Å². The van der Waals surface area contributed by atoms with Crippen LogP contribution in [-0.2, 0) is 16.1 Å². The van der Waals surface area contributed by atoms with Gasteiger partial charge < -0.3 is 19.7 Å². The molecule has 154 valence electrons. The average molecular weight is 418 g/mol. The molecule has 1 fully saturated rings. The van der Waals surface area contributed by atoms with E-state index in [2.05, 4.69) is 10.6 Å². The van der Waals surface area contributed by atoms with E-state index in [0.29, 0.717) is 37.0 Å². The number of anilines is 1. The van der Waals surface area contributed by atoms with Crippen LogP contribution in [0.15, 0.2) is 48.5 Å². The molecule has 0 spiro atoms. The summed E-state index contributed by atoms with van der Waals surface area (Å²) in [6.45, 7) is 4.40. The predicted octanol–water partition coefficient (Wildman–Crippen LogP) is 4.19. The molecule has 7 nitrogen and oxygen atoms in total. The van der Waals surface area contributed by atoms with E-state index >= 15 is 0 Å². The third kappa shape index (κ3) is 6.37. The molecule has 3 rings (SSSR count). The highest BCUT2D eigenvalue weighted by Gasteiger charge is 2.18. The van der Waals surface area contributed by atoms with Crippen LogP contribution in [0.1, 0.15) is 24.1 Å². The maximum atomic E-state index is 12.3. The van der Waals surface area contributed by atoms with Crippen molar-refractivity contribution in [2.24, 2.45) is 0 Å². The zero-order valence-corrected chi connectivity index (χ0v) is 16.9. The number of carbonyl (C=O) groups excluding carboxylic acids is 2.